The number of aromatic nitrogens is 2. The number of nitrogens with one attached hydrogen (secondary N) is 2. The van der Waals surface area contributed by atoms with E-state index >= 15 is 0 Å². The Labute approximate surface area is 215 Å². The molecule has 2 N–H and O–H groups in total. The number of amides is 2. The predicted octanol–water partition coefficient (Wildman–Crippen LogP) is 4.96. The standard InChI is InChI=1S/C24H26N4O4S3/c1-2-32-22(31)20-16-11-7-4-8-12-17(16)34-21(20)25-19(30)14-33-24-28-27-23(35-24)26-18(29)13-15-9-5-3-6-10-15/h3,5-6,9-10H,2,4,7-8,11-14H2,1H3,(H,25,30)(H,26,27,29). The molecular weight excluding hydrogens is 504 g/mol. The number of thiophene rings is 1. The molecule has 1 aliphatic rings. The predicted molar refractivity (Wildman–Crippen MR) is 140 cm³/mol. The van der Waals surface area contributed by atoms with E-state index in [2.05, 4.69) is 20.8 Å². The molecule has 0 atom stereocenters. The highest BCUT2D eigenvalue weighted by molar-refractivity contribution is 8.01. The van der Waals surface area contributed by atoms with Crippen LogP contribution in [0.15, 0.2) is 34.7 Å². The van der Waals surface area contributed by atoms with E-state index in [-0.39, 0.29) is 36.6 Å². The number of nitrogens with zero attached hydrogens (tertiary/aromatic N) is 2. The largest absolute Gasteiger partial charge is 0.462 e. The second-order valence-electron chi connectivity index (χ2n) is 7.91. The van der Waals surface area contributed by atoms with Crippen LogP contribution in [0, 0.1) is 0 Å². The summed E-state index contributed by atoms with van der Waals surface area (Å²) in [6, 6.07) is 9.44. The van der Waals surface area contributed by atoms with Gasteiger partial charge in [-0.3, -0.25) is 9.59 Å². The van der Waals surface area contributed by atoms with Crippen molar-refractivity contribution < 1.29 is 19.1 Å². The van der Waals surface area contributed by atoms with Crippen LogP contribution >= 0.6 is 34.4 Å². The first-order chi connectivity index (χ1) is 17.0. The molecule has 0 spiro atoms. The summed E-state index contributed by atoms with van der Waals surface area (Å²) in [7, 11) is 0. The van der Waals surface area contributed by atoms with Gasteiger partial charge in [-0.25, -0.2) is 4.79 Å². The van der Waals surface area contributed by atoms with Gasteiger partial charge in [-0.1, -0.05) is 59.9 Å². The Morgan fingerprint density at radius 1 is 1.00 bits per heavy atom. The fourth-order valence-electron chi connectivity index (χ4n) is 3.80. The number of fused-ring (bicyclic) bond motifs is 1. The Kier molecular flexibility index (Phi) is 8.89. The van der Waals surface area contributed by atoms with Gasteiger partial charge in [-0.2, -0.15) is 0 Å². The summed E-state index contributed by atoms with van der Waals surface area (Å²) in [5.41, 5.74) is 2.44. The van der Waals surface area contributed by atoms with Crippen molar-refractivity contribution in [1.29, 1.82) is 0 Å². The zero-order chi connectivity index (χ0) is 24.6. The number of carbonyl (C=O) groups is 3. The Hall–Kier alpha value is -2.76. The zero-order valence-corrected chi connectivity index (χ0v) is 21.7. The van der Waals surface area contributed by atoms with Crippen molar-refractivity contribution in [3.63, 3.8) is 0 Å². The summed E-state index contributed by atoms with van der Waals surface area (Å²) in [6.45, 7) is 2.06. The van der Waals surface area contributed by atoms with Crippen molar-refractivity contribution in [3.05, 3.63) is 51.9 Å². The molecular formula is C24H26N4O4S3. The van der Waals surface area contributed by atoms with Gasteiger partial charge >= 0.3 is 5.97 Å². The van der Waals surface area contributed by atoms with E-state index in [1.54, 1.807) is 6.92 Å². The van der Waals surface area contributed by atoms with E-state index in [0.717, 1.165) is 48.1 Å². The van der Waals surface area contributed by atoms with E-state index in [1.807, 2.05) is 30.3 Å². The molecule has 3 aromatic rings. The molecule has 0 radical (unpaired) electrons. The van der Waals surface area contributed by atoms with Gasteiger partial charge in [-0.05, 0) is 43.7 Å². The SMILES string of the molecule is CCOC(=O)c1c(NC(=O)CSc2nnc(NC(=O)Cc3ccccc3)s2)sc2c1CCCCC2. The van der Waals surface area contributed by atoms with E-state index < -0.39 is 0 Å². The highest BCUT2D eigenvalue weighted by Crippen LogP contribution is 2.38. The summed E-state index contributed by atoms with van der Waals surface area (Å²) >= 11 is 3.92. The quantitative estimate of drug-likeness (QED) is 0.174. The minimum absolute atomic E-state index is 0.109. The first kappa shape index (κ1) is 25.3. The van der Waals surface area contributed by atoms with Crippen molar-refractivity contribution in [1.82, 2.24) is 10.2 Å². The number of carbonyl (C=O) groups excluding carboxylic acids is 3. The molecule has 4 rings (SSSR count). The molecule has 0 saturated carbocycles. The summed E-state index contributed by atoms with van der Waals surface area (Å²) in [6.07, 6.45) is 5.24. The van der Waals surface area contributed by atoms with Gasteiger partial charge in [0.25, 0.3) is 0 Å². The van der Waals surface area contributed by atoms with Crippen LogP contribution in [0.5, 0.6) is 0 Å². The molecule has 2 amide bonds. The maximum Gasteiger partial charge on any atom is 0.341 e. The average molecular weight is 531 g/mol. The third-order valence-electron chi connectivity index (χ3n) is 5.34. The van der Waals surface area contributed by atoms with Gasteiger partial charge in [0.2, 0.25) is 16.9 Å². The highest BCUT2D eigenvalue weighted by Gasteiger charge is 2.26. The topological polar surface area (TPSA) is 110 Å². The molecule has 2 heterocycles. The fraction of sp³-hybridized carbons (Fsp3) is 0.375. The molecule has 0 aliphatic heterocycles. The second-order valence-corrected chi connectivity index (χ2v) is 11.2. The second kappa shape index (κ2) is 12.3. The van der Waals surface area contributed by atoms with Gasteiger partial charge in [0.15, 0.2) is 4.34 Å². The van der Waals surface area contributed by atoms with Crippen molar-refractivity contribution in [3.8, 4) is 0 Å². The minimum Gasteiger partial charge on any atom is -0.462 e. The molecule has 11 heteroatoms. The molecule has 184 valence electrons. The summed E-state index contributed by atoms with van der Waals surface area (Å²) in [5, 5.41) is 14.7. The van der Waals surface area contributed by atoms with E-state index in [0.29, 0.717) is 20.0 Å². The number of ether oxygens (including phenoxy) is 1. The van der Waals surface area contributed by atoms with Gasteiger partial charge in [0.1, 0.15) is 5.00 Å². The van der Waals surface area contributed by atoms with E-state index in [9.17, 15) is 14.4 Å². The first-order valence-corrected chi connectivity index (χ1v) is 14.1. The molecule has 0 unspecified atom stereocenters. The van der Waals surface area contributed by atoms with Crippen LogP contribution in [0.1, 0.15) is 52.5 Å². The Morgan fingerprint density at radius 2 is 1.80 bits per heavy atom. The Morgan fingerprint density at radius 3 is 2.60 bits per heavy atom. The third kappa shape index (κ3) is 6.89. The van der Waals surface area contributed by atoms with Gasteiger partial charge in [-0.15, -0.1) is 21.5 Å². The van der Waals surface area contributed by atoms with Crippen LogP contribution in [-0.2, 0) is 33.6 Å². The van der Waals surface area contributed by atoms with E-state index in [1.165, 1.54) is 34.4 Å². The molecule has 1 aromatic carbocycles. The number of aryl methyl sites for hydroxylation is 1. The number of esters is 1. The molecule has 0 bridgehead atoms. The highest BCUT2D eigenvalue weighted by atomic mass is 32.2. The van der Waals surface area contributed by atoms with Crippen molar-refractivity contribution in [2.24, 2.45) is 0 Å². The lowest BCUT2D eigenvalue weighted by atomic mass is 10.1. The number of thioether (sulfide) groups is 1. The number of rotatable bonds is 9. The van der Waals surface area contributed by atoms with Crippen LogP contribution in [0.2, 0.25) is 0 Å². The molecule has 0 fully saturated rings. The normalized spacial score (nSPS) is 12.9. The minimum atomic E-state index is -0.380. The van der Waals surface area contributed by atoms with Crippen LogP contribution in [0.4, 0.5) is 10.1 Å². The number of benzene rings is 1. The lowest BCUT2D eigenvalue weighted by Gasteiger charge is -2.08. The van der Waals surface area contributed by atoms with Crippen LogP contribution in [0.3, 0.4) is 0 Å². The average Bonchev–Trinajstić information content (AvgIpc) is 3.34. The van der Waals surface area contributed by atoms with E-state index in [4.69, 9.17) is 4.74 Å². The Bertz CT molecular complexity index is 1190. The molecule has 35 heavy (non-hydrogen) atoms. The van der Waals surface area contributed by atoms with Crippen LogP contribution in [0.25, 0.3) is 0 Å². The maximum atomic E-state index is 12.7. The summed E-state index contributed by atoms with van der Waals surface area (Å²) in [5.74, 6) is -0.681. The maximum absolute atomic E-state index is 12.7. The monoisotopic (exact) mass is 530 g/mol. The van der Waals surface area contributed by atoms with Crippen molar-refractivity contribution >= 4 is 62.4 Å². The van der Waals surface area contributed by atoms with Crippen LogP contribution in [-0.4, -0.2) is 40.3 Å². The molecule has 2 aromatic heterocycles. The summed E-state index contributed by atoms with van der Waals surface area (Å²) < 4.78 is 5.85. The molecule has 0 saturated heterocycles. The summed E-state index contributed by atoms with van der Waals surface area (Å²) in [4.78, 5) is 38.7. The fourth-order valence-corrected chi connectivity index (χ4v) is 6.66. The number of anilines is 2. The number of hydrogen-bond donors (Lipinski definition) is 2. The van der Waals surface area contributed by atoms with Gasteiger partial charge in [0.05, 0.1) is 24.3 Å². The van der Waals surface area contributed by atoms with Gasteiger partial charge in [0, 0.05) is 4.88 Å². The third-order valence-corrected chi connectivity index (χ3v) is 8.52. The first-order valence-electron chi connectivity index (χ1n) is 11.4. The smallest absolute Gasteiger partial charge is 0.341 e. The van der Waals surface area contributed by atoms with Crippen LogP contribution < -0.4 is 10.6 Å². The Balaban J connectivity index is 1.34. The molecule has 1 aliphatic carbocycles. The lowest BCUT2D eigenvalue weighted by molar-refractivity contribution is -0.115. The molecule has 8 nitrogen and oxygen atoms in total. The zero-order valence-electron chi connectivity index (χ0n) is 19.3. The number of hydrogen-bond acceptors (Lipinski definition) is 9. The lowest BCUT2D eigenvalue weighted by Crippen LogP contribution is -2.16. The van der Waals surface area contributed by atoms with Crippen molar-refractivity contribution in [2.45, 2.75) is 49.8 Å². The van der Waals surface area contributed by atoms with Crippen molar-refractivity contribution in [2.75, 3.05) is 23.0 Å². The van der Waals surface area contributed by atoms with Gasteiger partial charge < -0.3 is 15.4 Å².